The number of hydrogen-bond donors (Lipinski definition) is 1. The van der Waals surface area contributed by atoms with Crippen molar-refractivity contribution in [1.82, 2.24) is 0 Å². The third kappa shape index (κ3) is 3.97. The molecule has 0 aromatic heterocycles. The van der Waals surface area contributed by atoms with Gasteiger partial charge in [0.15, 0.2) is 11.6 Å². The smallest absolute Gasteiger partial charge is 0.339 e. The molecule has 0 saturated carbocycles. The van der Waals surface area contributed by atoms with E-state index in [0.717, 1.165) is 19.2 Å². The molecule has 8 heteroatoms. The third-order valence-electron chi connectivity index (χ3n) is 3.28. The van der Waals surface area contributed by atoms with Crippen LogP contribution in [0, 0.1) is 11.6 Å². The molecule has 0 radical (unpaired) electrons. The molecule has 0 aliphatic rings. The fourth-order valence-corrected chi connectivity index (χ4v) is 2.01. The van der Waals surface area contributed by atoms with Gasteiger partial charge in [0.25, 0.3) is 5.91 Å². The standard InChI is InChI=1S/C17H13F2NO5/c1-24-16(22)10-3-5-11(17(23)25-2)14(8-10)20-15(21)9-4-6-12(18)13(19)7-9/h3-8H,1-2H3,(H,20,21). The van der Waals surface area contributed by atoms with Crippen LogP contribution in [-0.2, 0) is 9.47 Å². The van der Waals surface area contributed by atoms with Crippen molar-refractivity contribution in [2.24, 2.45) is 0 Å². The maximum Gasteiger partial charge on any atom is 0.339 e. The topological polar surface area (TPSA) is 81.7 Å². The van der Waals surface area contributed by atoms with Crippen molar-refractivity contribution >= 4 is 23.5 Å². The van der Waals surface area contributed by atoms with Crippen molar-refractivity contribution in [2.75, 3.05) is 19.5 Å². The van der Waals surface area contributed by atoms with Crippen molar-refractivity contribution in [2.45, 2.75) is 0 Å². The molecule has 1 N–H and O–H groups in total. The summed E-state index contributed by atoms with van der Waals surface area (Å²) in [5.74, 6) is -4.52. The first-order valence-corrected chi connectivity index (χ1v) is 6.94. The monoisotopic (exact) mass is 349 g/mol. The molecule has 0 saturated heterocycles. The lowest BCUT2D eigenvalue weighted by molar-refractivity contribution is 0.0587. The summed E-state index contributed by atoms with van der Waals surface area (Å²) in [6, 6.07) is 6.42. The molecule has 0 heterocycles. The van der Waals surface area contributed by atoms with Crippen molar-refractivity contribution in [3.8, 4) is 0 Å². The van der Waals surface area contributed by atoms with E-state index in [1.165, 1.54) is 25.3 Å². The van der Waals surface area contributed by atoms with Gasteiger partial charge in [0.05, 0.1) is 31.0 Å². The predicted molar refractivity (Wildman–Crippen MR) is 83.4 cm³/mol. The van der Waals surface area contributed by atoms with Crippen LogP contribution in [0.1, 0.15) is 31.1 Å². The summed E-state index contributed by atoms with van der Waals surface area (Å²) in [6.45, 7) is 0. The lowest BCUT2D eigenvalue weighted by atomic mass is 10.1. The molecule has 0 aliphatic heterocycles. The second-order valence-electron chi connectivity index (χ2n) is 4.83. The van der Waals surface area contributed by atoms with Crippen LogP contribution in [-0.4, -0.2) is 32.1 Å². The lowest BCUT2D eigenvalue weighted by Gasteiger charge is -2.11. The Labute approximate surface area is 141 Å². The number of carbonyl (C=O) groups is 3. The minimum absolute atomic E-state index is 0.0221. The van der Waals surface area contributed by atoms with E-state index in [1.54, 1.807) is 0 Å². The van der Waals surface area contributed by atoms with Crippen molar-refractivity contribution in [1.29, 1.82) is 0 Å². The van der Waals surface area contributed by atoms with Gasteiger partial charge in [-0.2, -0.15) is 0 Å². The van der Waals surface area contributed by atoms with Crippen LogP contribution in [0.5, 0.6) is 0 Å². The fraction of sp³-hybridized carbons (Fsp3) is 0.118. The second-order valence-corrected chi connectivity index (χ2v) is 4.83. The summed E-state index contributed by atoms with van der Waals surface area (Å²) in [5.41, 5.74) is -0.149. The van der Waals surface area contributed by atoms with Crippen LogP contribution >= 0.6 is 0 Å². The number of anilines is 1. The van der Waals surface area contributed by atoms with E-state index >= 15 is 0 Å². The Morgan fingerprint density at radius 3 is 2.08 bits per heavy atom. The highest BCUT2D eigenvalue weighted by Crippen LogP contribution is 2.21. The van der Waals surface area contributed by atoms with E-state index in [-0.39, 0.29) is 22.4 Å². The van der Waals surface area contributed by atoms with Crippen LogP contribution in [0.2, 0.25) is 0 Å². The first kappa shape index (κ1) is 18.1. The fourth-order valence-electron chi connectivity index (χ4n) is 2.01. The van der Waals surface area contributed by atoms with Crippen molar-refractivity contribution < 1.29 is 32.6 Å². The minimum Gasteiger partial charge on any atom is -0.465 e. The number of nitrogens with one attached hydrogen (secondary N) is 1. The van der Waals surface area contributed by atoms with E-state index in [2.05, 4.69) is 14.8 Å². The zero-order valence-electron chi connectivity index (χ0n) is 13.3. The van der Waals surface area contributed by atoms with Crippen molar-refractivity contribution in [3.05, 3.63) is 64.7 Å². The molecule has 0 atom stereocenters. The Bertz CT molecular complexity index is 851. The zero-order chi connectivity index (χ0) is 18.6. The average Bonchev–Trinajstić information content (AvgIpc) is 2.62. The molecule has 2 aromatic carbocycles. The molecule has 0 aliphatic carbocycles. The molecular formula is C17H13F2NO5. The van der Waals surface area contributed by atoms with Crippen molar-refractivity contribution in [3.63, 3.8) is 0 Å². The molecule has 6 nitrogen and oxygen atoms in total. The molecule has 2 aromatic rings. The van der Waals surface area contributed by atoms with Crippen LogP contribution in [0.3, 0.4) is 0 Å². The van der Waals surface area contributed by atoms with E-state index in [4.69, 9.17) is 0 Å². The molecule has 2 rings (SSSR count). The number of esters is 2. The van der Waals surface area contributed by atoms with Gasteiger partial charge in [0, 0.05) is 5.56 Å². The predicted octanol–water partition coefficient (Wildman–Crippen LogP) is 2.79. The molecule has 0 unspecified atom stereocenters. The number of rotatable bonds is 4. The van der Waals surface area contributed by atoms with E-state index in [9.17, 15) is 23.2 Å². The lowest BCUT2D eigenvalue weighted by Crippen LogP contribution is -2.17. The van der Waals surface area contributed by atoms with Crippen LogP contribution in [0.15, 0.2) is 36.4 Å². The largest absolute Gasteiger partial charge is 0.465 e. The first-order chi connectivity index (χ1) is 11.9. The third-order valence-corrected chi connectivity index (χ3v) is 3.28. The maximum atomic E-state index is 13.3. The highest BCUT2D eigenvalue weighted by atomic mass is 19.2. The first-order valence-electron chi connectivity index (χ1n) is 6.94. The highest BCUT2D eigenvalue weighted by molar-refractivity contribution is 6.09. The van der Waals surface area contributed by atoms with Gasteiger partial charge < -0.3 is 14.8 Å². The quantitative estimate of drug-likeness (QED) is 0.859. The van der Waals surface area contributed by atoms with E-state index < -0.39 is 29.5 Å². The SMILES string of the molecule is COC(=O)c1ccc(C(=O)OC)c(NC(=O)c2ccc(F)c(F)c2)c1. The molecule has 0 spiro atoms. The second kappa shape index (κ2) is 7.52. The van der Waals surface area contributed by atoms with Gasteiger partial charge in [0.1, 0.15) is 0 Å². The van der Waals surface area contributed by atoms with Gasteiger partial charge in [-0.15, -0.1) is 0 Å². The Morgan fingerprint density at radius 1 is 0.840 bits per heavy atom. The van der Waals surface area contributed by atoms with Gasteiger partial charge in [-0.25, -0.2) is 18.4 Å². The summed E-state index contributed by atoms with van der Waals surface area (Å²) in [7, 11) is 2.33. The van der Waals surface area contributed by atoms with Gasteiger partial charge in [-0.1, -0.05) is 0 Å². The average molecular weight is 349 g/mol. The van der Waals surface area contributed by atoms with Crippen LogP contribution in [0.25, 0.3) is 0 Å². The molecular weight excluding hydrogens is 336 g/mol. The Kier molecular flexibility index (Phi) is 5.43. The zero-order valence-corrected chi connectivity index (χ0v) is 13.3. The summed E-state index contributed by atoms with van der Waals surface area (Å²) in [5, 5.41) is 2.37. The molecule has 0 fully saturated rings. The molecule has 0 bridgehead atoms. The minimum atomic E-state index is -1.19. The summed E-state index contributed by atoms with van der Waals surface area (Å²) >= 11 is 0. The molecule has 1 amide bonds. The van der Waals surface area contributed by atoms with Crippen LogP contribution in [0.4, 0.5) is 14.5 Å². The van der Waals surface area contributed by atoms with Gasteiger partial charge in [-0.3, -0.25) is 4.79 Å². The van der Waals surface area contributed by atoms with E-state index in [0.29, 0.717) is 6.07 Å². The number of carbonyl (C=O) groups excluding carboxylic acids is 3. The number of methoxy groups -OCH3 is 2. The summed E-state index contributed by atoms with van der Waals surface area (Å²) < 4.78 is 35.4. The van der Waals surface area contributed by atoms with Gasteiger partial charge >= 0.3 is 11.9 Å². The Morgan fingerprint density at radius 2 is 1.48 bits per heavy atom. The molecule has 25 heavy (non-hydrogen) atoms. The summed E-state index contributed by atoms with van der Waals surface area (Å²) in [6.07, 6.45) is 0. The maximum absolute atomic E-state index is 13.3. The number of halogens is 2. The highest BCUT2D eigenvalue weighted by Gasteiger charge is 2.18. The normalized spacial score (nSPS) is 10.1. The van der Waals surface area contributed by atoms with Crippen LogP contribution < -0.4 is 5.32 Å². The number of benzene rings is 2. The van der Waals surface area contributed by atoms with E-state index in [1.807, 2.05) is 0 Å². The number of amides is 1. The summed E-state index contributed by atoms with van der Waals surface area (Å²) in [4.78, 5) is 35.6. The Hall–Kier alpha value is -3.29. The Balaban J connectivity index is 2.40. The van der Waals surface area contributed by atoms with Gasteiger partial charge in [-0.05, 0) is 36.4 Å². The number of hydrogen-bond acceptors (Lipinski definition) is 5. The molecule has 130 valence electrons. The van der Waals surface area contributed by atoms with Gasteiger partial charge in [0.2, 0.25) is 0 Å². The number of ether oxygens (including phenoxy) is 2.